The average Bonchev–Trinajstić information content (AvgIpc) is 2.40. The molecule has 1 amide bonds. The Balaban J connectivity index is 2.06. The summed E-state index contributed by atoms with van der Waals surface area (Å²) in [6.07, 6.45) is 1.58. The molecule has 2 aromatic rings. The number of anilines is 1. The number of amides is 1. The highest BCUT2D eigenvalue weighted by molar-refractivity contribution is 5.94. The second kappa shape index (κ2) is 5.52. The quantitative estimate of drug-likeness (QED) is 0.828. The van der Waals surface area contributed by atoms with Crippen LogP contribution >= 0.6 is 0 Å². The molecular weight excluding hydrogens is 238 g/mol. The molecule has 0 aliphatic carbocycles. The minimum atomic E-state index is -0.128. The van der Waals surface area contributed by atoms with E-state index in [0.717, 1.165) is 11.3 Å². The minimum Gasteiger partial charge on any atom is -0.399 e. The second-order valence-corrected chi connectivity index (χ2v) is 4.55. The molecule has 0 saturated carbocycles. The van der Waals surface area contributed by atoms with Crippen LogP contribution < -0.4 is 11.1 Å². The highest BCUT2D eigenvalue weighted by Gasteiger charge is 2.11. The molecular formula is C15H17N3O. The van der Waals surface area contributed by atoms with Gasteiger partial charge in [0.15, 0.2) is 0 Å². The third-order valence-corrected chi connectivity index (χ3v) is 2.96. The molecule has 1 heterocycles. The predicted molar refractivity (Wildman–Crippen MR) is 75.7 cm³/mol. The lowest BCUT2D eigenvalue weighted by Gasteiger charge is -2.14. The molecule has 0 aliphatic heterocycles. The molecule has 0 fully saturated rings. The van der Waals surface area contributed by atoms with Crippen molar-refractivity contribution in [3.63, 3.8) is 0 Å². The zero-order valence-corrected chi connectivity index (χ0v) is 11.1. The van der Waals surface area contributed by atoms with E-state index in [1.54, 1.807) is 12.3 Å². The number of benzene rings is 1. The Kier molecular flexibility index (Phi) is 3.80. The van der Waals surface area contributed by atoms with Gasteiger partial charge in [-0.15, -0.1) is 0 Å². The van der Waals surface area contributed by atoms with Crippen molar-refractivity contribution in [1.82, 2.24) is 10.3 Å². The Morgan fingerprint density at radius 3 is 2.47 bits per heavy atom. The Labute approximate surface area is 112 Å². The van der Waals surface area contributed by atoms with Gasteiger partial charge in [-0.1, -0.05) is 12.1 Å². The van der Waals surface area contributed by atoms with Crippen LogP contribution in [0.1, 0.15) is 34.6 Å². The van der Waals surface area contributed by atoms with Gasteiger partial charge in [-0.2, -0.15) is 0 Å². The van der Waals surface area contributed by atoms with Crippen molar-refractivity contribution in [2.24, 2.45) is 0 Å². The van der Waals surface area contributed by atoms with E-state index in [9.17, 15) is 4.79 Å². The summed E-state index contributed by atoms with van der Waals surface area (Å²) in [6.45, 7) is 3.82. The fourth-order valence-corrected chi connectivity index (χ4v) is 1.75. The van der Waals surface area contributed by atoms with Gasteiger partial charge >= 0.3 is 0 Å². The maximum Gasteiger partial charge on any atom is 0.253 e. The Hall–Kier alpha value is -2.36. The van der Waals surface area contributed by atoms with E-state index in [4.69, 9.17) is 5.73 Å². The summed E-state index contributed by atoms with van der Waals surface area (Å²) in [6, 6.07) is 11.0. The minimum absolute atomic E-state index is 0.0746. The largest absolute Gasteiger partial charge is 0.399 e. The molecule has 1 atom stereocenters. The normalized spacial score (nSPS) is 11.9. The summed E-state index contributed by atoms with van der Waals surface area (Å²) in [5, 5.41) is 2.93. The van der Waals surface area contributed by atoms with Crippen molar-refractivity contribution in [1.29, 1.82) is 0 Å². The van der Waals surface area contributed by atoms with E-state index in [2.05, 4.69) is 10.3 Å². The molecule has 4 heteroatoms. The molecule has 4 nitrogen and oxygen atoms in total. The number of rotatable bonds is 3. The maximum absolute atomic E-state index is 12.0. The number of aromatic nitrogens is 1. The summed E-state index contributed by atoms with van der Waals surface area (Å²) in [5.74, 6) is -0.128. The van der Waals surface area contributed by atoms with Gasteiger partial charge in [-0.05, 0) is 43.7 Å². The van der Waals surface area contributed by atoms with E-state index in [-0.39, 0.29) is 11.9 Å². The van der Waals surface area contributed by atoms with Crippen molar-refractivity contribution >= 4 is 11.6 Å². The molecule has 1 aromatic carbocycles. The number of aryl methyl sites for hydroxylation is 1. The number of carbonyl (C=O) groups is 1. The number of nitrogens with zero attached hydrogens (tertiary/aromatic N) is 1. The van der Waals surface area contributed by atoms with Crippen molar-refractivity contribution in [2.45, 2.75) is 19.9 Å². The lowest BCUT2D eigenvalue weighted by molar-refractivity contribution is 0.0939. The van der Waals surface area contributed by atoms with Crippen LogP contribution in [0.5, 0.6) is 0 Å². The highest BCUT2D eigenvalue weighted by Crippen LogP contribution is 2.14. The SMILES string of the molecule is Cc1ccc(C(=O)NC(C)c2ccc(N)cc2)cn1. The number of pyridine rings is 1. The molecule has 98 valence electrons. The van der Waals surface area contributed by atoms with Crippen LogP contribution in [0.2, 0.25) is 0 Å². The number of nitrogen functional groups attached to an aromatic ring is 1. The third kappa shape index (κ3) is 3.31. The van der Waals surface area contributed by atoms with E-state index < -0.39 is 0 Å². The van der Waals surface area contributed by atoms with Crippen LogP contribution in [-0.4, -0.2) is 10.9 Å². The first-order valence-corrected chi connectivity index (χ1v) is 6.15. The number of carbonyl (C=O) groups excluding carboxylic acids is 1. The standard InChI is InChI=1S/C15H17N3O/c1-10-3-4-13(9-17-10)15(19)18-11(2)12-5-7-14(16)8-6-12/h3-9,11H,16H2,1-2H3,(H,18,19). The van der Waals surface area contributed by atoms with Gasteiger partial charge in [0.05, 0.1) is 11.6 Å². The molecule has 2 rings (SSSR count). The number of nitrogens with one attached hydrogen (secondary N) is 1. The van der Waals surface area contributed by atoms with Crippen molar-refractivity contribution in [3.8, 4) is 0 Å². The van der Waals surface area contributed by atoms with Gasteiger partial charge in [0.25, 0.3) is 5.91 Å². The van der Waals surface area contributed by atoms with Crippen LogP contribution in [0.4, 0.5) is 5.69 Å². The molecule has 0 saturated heterocycles. The number of hydrogen-bond donors (Lipinski definition) is 2. The molecule has 0 radical (unpaired) electrons. The van der Waals surface area contributed by atoms with Crippen LogP contribution in [0.25, 0.3) is 0 Å². The summed E-state index contributed by atoms with van der Waals surface area (Å²) in [7, 11) is 0. The molecule has 0 spiro atoms. The molecule has 1 aromatic heterocycles. The van der Waals surface area contributed by atoms with Gasteiger partial charge in [-0.25, -0.2) is 0 Å². The van der Waals surface area contributed by atoms with Gasteiger partial charge in [0.2, 0.25) is 0 Å². The molecule has 0 aliphatic rings. The first-order chi connectivity index (χ1) is 9.06. The summed E-state index contributed by atoms with van der Waals surface area (Å²) >= 11 is 0. The molecule has 1 unspecified atom stereocenters. The summed E-state index contributed by atoms with van der Waals surface area (Å²) in [5.41, 5.74) is 8.82. The van der Waals surface area contributed by atoms with E-state index in [1.165, 1.54) is 0 Å². The fourth-order valence-electron chi connectivity index (χ4n) is 1.75. The summed E-state index contributed by atoms with van der Waals surface area (Å²) < 4.78 is 0. The lowest BCUT2D eigenvalue weighted by atomic mass is 10.1. The Bertz CT molecular complexity index is 561. The first kappa shape index (κ1) is 13.1. The van der Waals surface area contributed by atoms with Gasteiger partial charge in [-0.3, -0.25) is 9.78 Å². The van der Waals surface area contributed by atoms with Crippen LogP contribution in [0.3, 0.4) is 0 Å². The topological polar surface area (TPSA) is 68.0 Å². The molecule has 19 heavy (non-hydrogen) atoms. The number of hydrogen-bond acceptors (Lipinski definition) is 3. The van der Waals surface area contributed by atoms with E-state index in [1.807, 2.05) is 44.2 Å². The maximum atomic E-state index is 12.0. The van der Waals surface area contributed by atoms with Crippen molar-refractivity contribution in [2.75, 3.05) is 5.73 Å². The molecule has 3 N–H and O–H groups in total. The lowest BCUT2D eigenvalue weighted by Crippen LogP contribution is -2.26. The summed E-state index contributed by atoms with van der Waals surface area (Å²) in [4.78, 5) is 16.1. The molecule has 0 bridgehead atoms. The monoisotopic (exact) mass is 255 g/mol. The van der Waals surface area contributed by atoms with E-state index >= 15 is 0 Å². The third-order valence-electron chi connectivity index (χ3n) is 2.96. The highest BCUT2D eigenvalue weighted by atomic mass is 16.1. The Morgan fingerprint density at radius 1 is 1.21 bits per heavy atom. The average molecular weight is 255 g/mol. The van der Waals surface area contributed by atoms with Gasteiger partial charge < -0.3 is 11.1 Å². The van der Waals surface area contributed by atoms with Crippen molar-refractivity contribution in [3.05, 3.63) is 59.4 Å². The van der Waals surface area contributed by atoms with Crippen LogP contribution in [0, 0.1) is 6.92 Å². The van der Waals surface area contributed by atoms with E-state index in [0.29, 0.717) is 11.3 Å². The predicted octanol–water partition coefficient (Wildman–Crippen LogP) is 2.46. The van der Waals surface area contributed by atoms with Crippen molar-refractivity contribution < 1.29 is 4.79 Å². The van der Waals surface area contributed by atoms with Crippen LogP contribution in [-0.2, 0) is 0 Å². The smallest absolute Gasteiger partial charge is 0.253 e. The zero-order chi connectivity index (χ0) is 13.8. The number of nitrogens with two attached hydrogens (primary N) is 1. The van der Waals surface area contributed by atoms with Gasteiger partial charge in [0, 0.05) is 17.6 Å². The first-order valence-electron chi connectivity index (χ1n) is 6.15. The Morgan fingerprint density at radius 2 is 1.89 bits per heavy atom. The van der Waals surface area contributed by atoms with Gasteiger partial charge in [0.1, 0.15) is 0 Å². The second-order valence-electron chi connectivity index (χ2n) is 4.55. The zero-order valence-electron chi connectivity index (χ0n) is 11.1. The fraction of sp³-hybridized carbons (Fsp3) is 0.200. The van der Waals surface area contributed by atoms with Crippen LogP contribution in [0.15, 0.2) is 42.6 Å².